The van der Waals surface area contributed by atoms with Crippen molar-refractivity contribution in [1.82, 2.24) is 14.9 Å². The molecule has 0 unspecified atom stereocenters. The van der Waals surface area contributed by atoms with Gasteiger partial charge >= 0.3 is 6.01 Å². The highest BCUT2D eigenvalue weighted by Gasteiger charge is 2.25. The minimum atomic E-state index is -0.507. The van der Waals surface area contributed by atoms with Crippen LogP contribution in [0, 0.1) is 5.82 Å². The van der Waals surface area contributed by atoms with Crippen molar-refractivity contribution in [2.45, 2.75) is 25.4 Å². The quantitative estimate of drug-likeness (QED) is 0.831. The highest BCUT2D eigenvalue weighted by Crippen LogP contribution is 2.17. The molecule has 0 spiro atoms. The molecular formula is C18H20FN3O3. The summed E-state index contributed by atoms with van der Waals surface area (Å²) in [6.45, 7) is 1.19. The first-order valence-corrected chi connectivity index (χ1v) is 8.19. The third kappa shape index (κ3) is 4.65. The van der Waals surface area contributed by atoms with Crippen molar-refractivity contribution in [3.63, 3.8) is 0 Å². The Bertz CT molecular complexity index is 707. The van der Waals surface area contributed by atoms with Crippen LogP contribution in [0.5, 0.6) is 11.8 Å². The van der Waals surface area contributed by atoms with Gasteiger partial charge in [-0.15, -0.1) is 0 Å². The van der Waals surface area contributed by atoms with Crippen LogP contribution in [-0.4, -0.2) is 47.1 Å². The van der Waals surface area contributed by atoms with Gasteiger partial charge in [-0.3, -0.25) is 4.79 Å². The lowest BCUT2D eigenvalue weighted by atomic mass is 10.1. The number of aromatic nitrogens is 2. The van der Waals surface area contributed by atoms with Gasteiger partial charge in [-0.1, -0.05) is 12.1 Å². The summed E-state index contributed by atoms with van der Waals surface area (Å²) in [6, 6.07) is 7.60. The fourth-order valence-corrected chi connectivity index (χ4v) is 2.80. The Hall–Kier alpha value is -2.70. The maximum Gasteiger partial charge on any atom is 0.316 e. The van der Waals surface area contributed by atoms with E-state index in [0.29, 0.717) is 19.5 Å². The third-order valence-electron chi connectivity index (χ3n) is 4.11. The van der Waals surface area contributed by atoms with Gasteiger partial charge in [0.05, 0.1) is 32.5 Å². The van der Waals surface area contributed by atoms with Crippen molar-refractivity contribution in [3.05, 3.63) is 48.0 Å². The number of amides is 1. The van der Waals surface area contributed by atoms with Crippen molar-refractivity contribution < 1.29 is 18.7 Å². The molecule has 1 aromatic carbocycles. The second kappa shape index (κ2) is 7.92. The summed E-state index contributed by atoms with van der Waals surface area (Å²) in [5, 5.41) is 0. The van der Waals surface area contributed by atoms with Gasteiger partial charge in [-0.05, 0) is 30.5 Å². The summed E-state index contributed by atoms with van der Waals surface area (Å²) in [7, 11) is 1.61. The number of hydrogen-bond acceptors (Lipinski definition) is 5. The first-order chi connectivity index (χ1) is 12.1. The maximum atomic E-state index is 12.8. The van der Waals surface area contributed by atoms with Crippen LogP contribution in [0.25, 0.3) is 0 Å². The Morgan fingerprint density at radius 1 is 1.28 bits per heavy atom. The molecule has 0 bridgehead atoms. The normalized spacial score (nSPS) is 17.2. The highest BCUT2D eigenvalue weighted by molar-refractivity contribution is 5.79. The highest BCUT2D eigenvalue weighted by atomic mass is 19.1. The second-order valence-electron chi connectivity index (χ2n) is 5.93. The summed E-state index contributed by atoms with van der Waals surface area (Å²) in [4.78, 5) is 21.9. The van der Waals surface area contributed by atoms with Gasteiger partial charge in [-0.2, -0.15) is 0 Å². The summed E-state index contributed by atoms with van der Waals surface area (Å²) >= 11 is 0. The van der Waals surface area contributed by atoms with E-state index in [9.17, 15) is 9.18 Å². The number of halogens is 1. The average Bonchev–Trinajstić information content (AvgIpc) is 2.64. The largest absolute Gasteiger partial charge is 0.497 e. The minimum Gasteiger partial charge on any atom is -0.497 e. The Morgan fingerprint density at radius 2 is 2.00 bits per heavy atom. The SMILES string of the molecule is COc1ccc(CC(=O)N2CCC[C@H](Oc3ncc(F)cn3)C2)cc1. The lowest BCUT2D eigenvalue weighted by Crippen LogP contribution is -2.45. The number of ether oxygens (including phenoxy) is 2. The van der Waals surface area contributed by atoms with Crippen LogP contribution in [0.4, 0.5) is 4.39 Å². The van der Waals surface area contributed by atoms with Crippen molar-refractivity contribution >= 4 is 5.91 Å². The van der Waals surface area contributed by atoms with E-state index in [2.05, 4.69) is 9.97 Å². The molecule has 132 valence electrons. The smallest absolute Gasteiger partial charge is 0.316 e. The van der Waals surface area contributed by atoms with Gasteiger partial charge in [0, 0.05) is 6.54 Å². The zero-order chi connectivity index (χ0) is 17.6. The molecule has 1 aliphatic rings. The van der Waals surface area contributed by atoms with Gasteiger partial charge in [-0.25, -0.2) is 14.4 Å². The molecule has 2 heterocycles. The van der Waals surface area contributed by atoms with E-state index in [1.807, 2.05) is 24.3 Å². The molecule has 3 rings (SSSR count). The fourth-order valence-electron chi connectivity index (χ4n) is 2.80. The molecule has 25 heavy (non-hydrogen) atoms. The first kappa shape index (κ1) is 17.1. The molecule has 7 heteroatoms. The summed E-state index contributed by atoms with van der Waals surface area (Å²) in [5.41, 5.74) is 0.940. The van der Waals surface area contributed by atoms with Crippen LogP contribution >= 0.6 is 0 Å². The van der Waals surface area contributed by atoms with Crippen molar-refractivity contribution in [1.29, 1.82) is 0 Å². The molecule has 6 nitrogen and oxygen atoms in total. The average molecular weight is 345 g/mol. The van der Waals surface area contributed by atoms with Gasteiger partial charge in [0.2, 0.25) is 5.91 Å². The predicted molar refractivity (Wildman–Crippen MR) is 88.9 cm³/mol. The summed E-state index contributed by atoms with van der Waals surface area (Å²) in [6.07, 6.45) is 3.95. The van der Waals surface area contributed by atoms with E-state index in [1.165, 1.54) is 0 Å². The molecule has 1 aliphatic heterocycles. The molecule has 0 radical (unpaired) electrons. The molecule has 0 saturated carbocycles. The Balaban J connectivity index is 1.56. The first-order valence-electron chi connectivity index (χ1n) is 8.19. The van der Waals surface area contributed by atoms with Crippen LogP contribution < -0.4 is 9.47 Å². The third-order valence-corrected chi connectivity index (χ3v) is 4.11. The molecule has 0 N–H and O–H groups in total. The maximum absolute atomic E-state index is 12.8. The predicted octanol–water partition coefficient (Wildman–Crippen LogP) is 2.24. The van der Waals surface area contributed by atoms with Crippen LogP contribution in [0.1, 0.15) is 18.4 Å². The Morgan fingerprint density at radius 3 is 2.68 bits per heavy atom. The van der Waals surface area contributed by atoms with Crippen LogP contribution in [0.2, 0.25) is 0 Å². The summed E-state index contributed by atoms with van der Waals surface area (Å²) < 4.78 is 23.6. The lowest BCUT2D eigenvalue weighted by Gasteiger charge is -2.32. The summed E-state index contributed by atoms with van der Waals surface area (Å²) in [5.74, 6) is 0.313. The van der Waals surface area contributed by atoms with Crippen molar-refractivity contribution in [2.75, 3.05) is 20.2 Å². The van der Waals surface area contributed by atoms with E-state index in [0.717, 1.165) is 36.5 Å². The number of hydrogen-bond donors (Lipinski definition) is 0. The standard InChI is InChI=1S/C18H20FN3O3/c1-24-15-6-4-13(5-7-15)9-17(23)22-8-2-3-16(12-22)25-18-20-10-14(19)11-21-18/h4-7,10-11,16H,2-3,8-9,12H2,1H3/t16-/m0/s1. The van der Waals surface area contributed by atoms with E-state index in [1.54, 1.807) is 12.0 Å². The van der Waals surface area contributed by atoms with Gasteiger partial charge in [0.15, 0.2) is 5.82 Å². The Kier molecular flexibility index (Phi) is 5.42. The number of likely N-dealkylation sites (tertiary alicyclic amines) is 1. The minimum absolute atomic E-state index is 0.0542. The molecular weight excluding hydrogens is 325 g/mol. The van der Waals surface area contributed by atoms with Crippen LogP contribution in [0.3, 0.4) is 0 Å². The fraction of sp³-hybridized carbons (Fsp3) is 0.389. The molecule has 2 aromatic rings. The molecule has 1 amide bonds. The number of nitrogens with zero attached hydrogens (tertiary/aromatic N) is 3. The molecule has 1 fully saturated rings. The molecule has 1 saturated heterocycles. The molecule has 1 atom stereocenters. The lowest BCUT2D eigenvalue weighted by molar-refractivity contribution is -0.133. The number of benzene rings is 1. The van der Waals surface area contributed by atoms with E-state index < -0.39 is 5.82 Å². The van der Waals surface area contributed by atoms with E-state index in [4.69, 9.17) is 9.47 Å². The molecule has 0 aliphatic carbocycles. The van der Waals surface area contributed by atoms with Crippen molar-refractivity contribution in [3.8, 4) is 11.8 Å². The topological polar surface area (TPSA) is 64.5 Å². The zero-order valence-electron chi connectivity index (χ0n) is 14.0. The second-order valence-corrected chi connectivity index (χ2v) is 5.93. The number of methoxy groups -OCH3 is 1. The number of piperidine rings is 1. The van der Waals surface area contributed by atoms with Crippen LogP contribution in [-0.2, 0) is 11.2 Å². The Labute approximate surface area is 145 Å². The van der Waals surface area contributed by atoms with Gasteiger partial charge < -0.3 is 14.4 Å². The van der Waals surface area contributed by atoms with E-state index in [-0.39, 0.29) is 18.0 Å². The van der Waals surface area contributed by atoms with Gasteiger partial charge in [0.1, 0.15) is 11.9 Å². The van der Waals surface area contributed by atoms with Gasteiger partial charge in [0.25, 0.3) is 0 Å². The number of rotatable bonds is 5. The molecule has 1 aromatic heterocycles. The zero-order valence-corrected chi connectivity index (χ0v) is 14.0. The number of carbonyl (C=O) groups excluding carboxylic acids is 1. The van der Waals surface area contributed by atoms with Crippen LogP contribution in [0.15, 0.2) is 36.7 Å². The monoisotopic (exact) mass is 345 g/mol. The van der Waals surface area contributed by atoms with E-state index >= 15 is 0 Å². The number of carbonyl (C=O) groups is 1. The van der Waals surface area contributed by atoms with Crippen molar-refractivity contribution in [2.24, 2.45) is 0 Å².